The number of nitrogens with one attached hydrogen (secondary N) is 1. The molecular weight excluding hydrogens is 184 g/mol. The number of rotatable bonds is 0. The van der Waals surface area contributed by atoms with Crippen LogP contribution in [0.15, 0.2) is 18.2 Å². The number of nitrogens with two attached hydrogens (primary N) is 1. The number of anilines is 1. The van der Waals surface area contributed by atoms with Crippen LogP contribution in [0.2, 0.25) is 0 Å². The Morgan fingerprint density at radius 3 is 2.73 bits per heavy atom. The van der Waals surface area contributed by atoms with Crippen LogP contribution in [0, 0.1) is 5.41 Å². The maximum absolute atomic E-state index is 5.82. The summed E-state index contributed by atoms with van der Waals surface area (Å²) in [4.78, 5) is 0. The summed E-state index contributed by atoms with van der Waals surface area (Å²) in [6.07, 6.45) is 1.09. The minimum absolute atomic E-state index is 0.255. The van der Waals surface area contributed by atoms with Crippen molar-refractivity contribution < 1.29 is 0 Å². The Labute approximate surface area is 91.9 Å². The molecule has 1 aromatic carbocycles. The molecule has 0 aromatic heterocycles. The van der Waals surface area contributed by atoms with Gasteiger partial charge in [-0.3, -0.25) is 0 Å². The quantitative estimate of drug-likeness (QED) is 0.637. The molecule has 0 spiro atoms. The molecule has 2 heteroatoms. The molecule has 1 aromatic rings. The van der Waals surface area contributed by atoms with Crippen molar-refractivity contribution in [2.24, 2.45) is 5.41 Å². The van der Waals surface area contributed by atoms with Gasteiger partial charge in [0.15, 0.2) is 0 Å². The van der Waals surface area contributed by atoms with Gasteiger partial charge in [0.25, 0.3) is 0 Å². The van der Waals surface area contributed by atoms with E-state index in [1.165, 1.54) is 11.1 Å². The second-order valence-corrected chi connectivity index (χ2v) is 5.46. The lowest BCUT2D eigenvalue weighted by Crippen LogP contribution is -2.37. The van der Waals surface area contributed by atoms with Gasteiger partial charge < -0.3 is 11.1 Å². The van der Waals surface area contributed by atoms with Gasteiger partial charge in [0.1, 0.15) is 0 Å². The van der Waals surface area contributed by atoms with Gasteiger partial charge in [0, 0.05) is 11.7 Å². The van der Waals surface area contributed by atoms with Crippen LogP contribution in [0.3, 0.4) is 0 Å². The van der Waals surface area contributed by atoms with Crippen LogP contribution in [0.4, 0.5) is 5.69 Å². The molecule has 3 N–H and O–H groups in total. The van der Waals surface area contributed by atoms with Crippen molar-refractivity contribution in [2.45, 2.75) is 33.2 Å². The van der Waals surface area contributed by atoms with Crippen LogP contribution in [0.25, 0.3) is 0 Å². The number of hydrogen-bond acceptors (Lipinski definition) is 2. The van der Waals surface area contributed by atoms with Crippen molar-refractivity contribution in [1.82, 2.24) is 5.32 Å². The zero-order valence-corrected chi connectivity index (χ0v) is 9.80. The summed E-state index contributed by atoms with van der Waals surface area (Å²) in [5, 5.41) is 3.59. The van der Waals surface area contributed by atoms with E-state index in [0.717, 1.165) is 18.7 Å². The number of hydrogen-bond donors (Lipinski definition) is 2. The van der Waals surface area contributed by atoms with Crippen molar-refractivity contribution in [3.8, 4) is 0 Å². The highest BCUT2D eigenvalue weighted by molar-refractivity contribution is 5.47. The number of benzene rings is 1. The molecule has 2 nitrogen and oxygen atoms in total. The zero-order valence-electron chi connectivity index (χ0n) is 9.80. The van der Waals surface area contributed by atoms with Crippen LogP contribution in [-0.2, 0) is 6.42 Å². The molecule has 15 heavy (non-hydrogen) atoms. The van der Waals surface area contributed by atoms with Gasteiger partial charge in [-0.2, -0.15) is 0 Å². The molecule has 1 aliphatic rings. The lowest BCUT2D eigenvalue weighted by Gasteiger charge is -2.36. The Morgan fingerprint density at radius 1 is 1.33 bits per heavy atom. The van der Waals surface area contributed by atoms with E-state index in [1.54, 1.807) is 0 Å². The van der Waals surface area contributed by atoms with Gasteiger partial charge in [-0.1, -0.05) is 26.8 Å². The van der Waals surface area contributed by atoms with Crippen molar-refractivity contribution in [1.29, 1.82) is 0 Å². The summed E-state index contributed by atoms with van der Waals surface area (Å²) in [7, 11) is 0. The van der Waals surface area contributed by atoms with Crippen LogP contribution < -0.4 is 11.1 Å². The SMILES string of the molecule is CC(C)(C)C1NCCc2cc(N)ccc21. The molecule has 0 amide bonds. The first-order valence-electron chi connectivity index (χ1n) is 5.60. The van der Waals surface area contributed by atoms with E-state index in [0.29, 0.717) is 6.04 Å². The van der Waals surface area contributed by atoms with E-state index < -0.39 is 0 Å². The molecule has 0 saturated carbocycles. The number of fused-ring (bicyclic) bond motifs is 1. The van der Waals surface area contributed by atoms with Gasteiger partial charge in [-0.05, 0) is 41.6 Å². The summed E-state index contributed by atoms with van der Waals surface area (Å²) >= 11 is 0. The van der Waals surface area contributed by atoms with Crippen molar-refractivity contribution in [3.63, 3.8) is 0 Å². The summed E-state index contributed by atoms with van der Waals surface area (Å²) in [5.41, 5.74) is 9.78. The third-order valence-corrected chi connectivity index (χ3v) is 3.09. The molecule has 1 heterocycles. The third-order valence-electron chi connectivity index (χ3n) is 3.09. The van der Waals surface area contributed by atoms with Crippen LogP contribution in [-0.4, -0.2) is 6.54 Å². The van der Waals surface area contributed by atoms with E-state index in [-0.39, 0.29) is 5.41 Å². The maximum atomic E-state index is 5.82. The molecule has 0 saturated heterocycles. The van der Waals surface area contributed by atoms with E-state index in [9.17, 15) is 0 Å². The molecule has 0 radical (unpaired) electrons. The van der Waals surface area contributed by atoms with Gasteiger partial charge in [-0.25, -0.2) is 0 Å². The van der Waals surface area contributed by atoms with Crippen molar-refractivity contribution >= 4 is 5.69 Å². The van der Waals surface area contributed by atoms with Crippen LogP contribution in [0.5, 0.6) is 0 Å². The van der Waals surface area contributed by atoms with Gasteiger partial charge in [-0.15, -0.1) is 0 Å². The van der Waals surface area contributed by atoms with E-state index in [4.69, 9.17) is 5.73 Å². The van der Waals surface area contributed by atoms with Gasteiger partial charge in [0.05, 0.1) is 0 Å². The molecule has 1 aliphatic heterocycles. The average Bonchev–Trinajstić information content (AvgIpc) is 2.15. The minimum Gasteiger partial charge on any atom is -0.399 e. The highest BCUT2D eigenvalue weighted by Crippen LogP contribution is 2.37. The molecular formula is C13H20N2. The Kier molecular flexibility index (Phi) is 2.47. The normalized spacial score (nSPS) is 21.1. The highest BCUT2D eigenvalue weighted by Gasteiger charge is 2.29. The predicted molar refractivity (Wildman–Crippen MR) is 64.8 cm³/mol. The lowest BCUT2D eigenvalue weighted by molar-refractivity contribution is 0.263. The molecule has 1 atom stereocenters. The fourth-order valence-corrected chi connectivity index (χ4v) is 2.36. The lowest BCUT2D eigenvalue weighted by atomic mass is 9.78. The minimum atomic E-state index is 0.255. The van der Waals surface area contributed by atoms with Crippen LogP contribution in [0.1, 0.15) is 37.9 Å². The van der Waals surface area contributed by atoms with Crippen molar-refractivity contribution in [3.05, 3.63) is 29.3 Å². The molecule has 0 bridgehead atoms. The van der Waals surface area contributed by atoms with E-state index in [2.05, 4.69) is 38.2 Å². The summed E-state index contributed by atoms with van der Waals surface area (Å²) in [5.74, 6) is 0. The second-order valence-electron chi connectivity index (χ2n) is 5.46. The zero-order chi connectivity index (χ0) is 11.1. The first-order chi connectivity index (χ1) is 6.98. The largest absolute Gasteiger partial charge is 0.399 e. The molecule has 1 unspecified atom stereocenters. The first kappa shape index (κ1) is 10.5. The van der Waals surface area contributed by atoms with Crippen molar-refractivity contribution in [2.75, 3.05) is 12.3 Å². The highest BCUT2D eigenvalue weighted by atomic mass is 14.9. The number of nitrogen functional groups attached to an aromatic ring is 1. The Bertz CT molecular complexity index is 363. The first-order valence-corrected chi connectivity index (χ1v) is 5.60. The summed E-state index contributed by atoms with van der Waals surface area (Å²) < 4.78 is 0. The maximum Gasteiger partial charge on any atom is 0.0372 e. The Balaban J connectivity index is 2.43. The van der Waals surface area contributed by atoms with Crippen LogP contribution >= 0.6 is 0 Å². The molecule has 2 rings (SSSR count). The smallest absolute Gasteiger partial charge is 0.0372 e. The van der Waals surface area contributed by atoms with E-state index in [1.807, 2.05) is 6.07 Å². The van der Waals surface area contributed by atoms with Gasteiger partial charge in [0.2, 0.25) is 0 Å². The molecule has 82 valence electrons. The monoisotopic (exact) mass is 204 g/mol. The summed E-state index contributed by atoms with van der Waals surface area (Å²) in [6.45, 7) is 7.88. The van der Waals surface area contributed by atoms with Gasteiger partial charge >= 0.3 is 0 Å². The molecule has 0 fully saturated rings. The Hall–Kier alpha value is -1.02. The molecule has 0 aliphatic carbocycles. The standard InChI is InChI=1S/C13H20N2/c1-13(2,3)12-11-5-4-10(14)8-9(11)6-7-15-12/h4-5,8,12,15H,6-7,14H2,1-3H3. The predicted octanol–water partition coefficient (Wildman–Crippen LogP) is 2.50. The fourth-order valence-electron chi connectivity index (χ4n) is 2.36. The summed E-state index contributed by atoms with van der Waals surface area (Å²) in [6, 6.07) is 6.74. The average molecular weight is 204 g/mol. The Morgan fingerprint density at radius 2 is 2.07 bits per heavy atom. The fraction of sp³-hybridized carbons (Fsp3) is 0.538. The third kappa shape index (κ3) is 2.00. The van der Waals surface area contributed by atoms with E-state index >= 15 is 0 Å². The topological polar surface area (TPSA) is 38.0 Å². The second kappa shape index (κ2) is 3.53.